The zero-order valence-electron chi connectivity index (χ0n) is 16.9. The largest absolute Gasteiger partial charge is 0.416 e. The number of hydrogen-bond donors (Lipinski definition) is 0. The molecule has 2 fully saturated rings. The topological polar surface area (TPSA) is 41.4 Å². The first-order valence-electron chi connectivity index (χ1n) is 10.3. The third-order valence-corrected chi connectivity index (χ3v) is 6.39. The Kier molecular flexibility index (Phi) is 5.31. The summed E-state index contributed by atoms with van der Waals surface area (Å²) >= 11 is 0. The summed E-state index contributed by atoms with van der Waals surface area (Å²) in [6.07, 6.45) is 0.361. The summed E-state index contributed by atoms with van der Waals surface area (Å²) in [6.45, 7) is 4.15. The van der Waals surface area contributed by atoms with E-state index >= 15 is 0 Å². The number of rotatable bonds is 2. The summed E-state index contributed by atoms with van der Waals surface area (Å²) in [5, 5.41) is 0. The van der Waals surface area contributed by atoms with Gasteiger partial charge in [0.1, 0.15) is 5.82 Å². The monoisotopic (exact) mass is 408 g/mol. The van der Waals surface area contributed by atoms with E-state index in [1.165, 1.54) is 6.07 Å². The van der Waals surface area contributed by atoms with Gasteiger partial charge in [-0.3, -0.25) is 9.69 Å². The number of alkyl halides is 3. The summed E-state index contributed by atoms with van der Waals surface area (Å²) in [5.74, 6) is 0.934. The van der Waals surface area contributed by atoms with Gasteiger partial charge in [0, 0.05) is 19.1 Å². The molecule has 8 heteroatoms. The molecule has 5 nitrogen and oxygen atoms in total. The number of hydrogen-bond acceptors (Lipinski definition) is 3. The van der Waals surface area contributed by atoms with Gasteiger partial charge in [0.05, 0.1) is 22.6 Å². The fraction of sp³-hybridized carbons (Fsp3) is 0.619. The first-order chi connectivity index (χ1) is 13.8. The number of aryl methyl sites for hydroxylation is 1. The minimum atomic E-state index is -4.37. The summed E-state index contributed by atoms with van der Waals surface area (Å²) in [6, 6.07) is 3.89. The second-order valence-electron chi connectivity index (χ2n) is 8.28. The van der Waals surface area contributed by atoms with Gasteiger partial charge < -0.3 is 9.47 Å². The van der Waals surface area contributed by atoms with Gasteiger partial charge in [0.25, 0.3) is 0 Å². The van der Waals surface area contributed by atoms with Crippen molar-refractivity contribution < 1.29 is 18.0 Å². The lowest BCUT2D eigenvalue weighted by molar-refractivity contribution is -0.139. The van der Waals surface area contributed by atoms with E-state index < -0.39 is 11.7 Å². The molecule has 158 valence electrons. The van der Waals surface area contributed by atoms with Crippen molar-refractivity contribution in [3.05, 3.63) is 29.6 Å². The highest BCUT2D eigenvalue weighted by atomic mass is 19.4. The first kappa shape index (κ1) is 20.2. The Bertz CT molecular complexity index is 899. The number of benzene rings is 1. The molecule has 4 rings (SSSR count). The van der Waals surface area contributed by atoms with Crippen molar-refractivity contribution >= 4 is 16.9 Å². The lowest BCUT2D eigenvalue weighted by atomic mass is 9.99. The number of imidazole rings is 1. The van der Waals surface area contributed by atoms with Crippen LogP contribution in [0.5, 0.6) is 0 Å². The number of carbonyl (C=O) groups is 1. The Balaban J connectivity index is 1.49. The Morgan fingerprint density at radius 3 is 2.48 bits per heavy atom. The van der Waals surface area contributed by atoms with Crippen LogP contribution < -0.4 is 0 Å². The first-order valence-corrected chi connectivity index (χ1v) is 10.3. The number of amides is 1. The van der Waals surface area contributed by atoms with E-state index in [2.05, 4.69) is 9.88 Å². The molecule has 2 aromatic rings. The van der Waals surface area contributed by atoms with E-state index in [-0.39, 0.29) is 18.0 Å². The number of piperidine rings is 2. The molecule has 3 heterocycles. The maximum Gasteiger partial charge on any atom is 0.416 e. The second kappa shape index (κ2) is 7.63. The molecule has 2 saturated heterocycles. The average molecular weight is 408 g/mol. The number of halogens is 3. The van der Waals surface area contributed by atoms with Gasteiger partial charge in [0.2, 0.25) is 5.91 Å². The number of nitrogens with zero attached hydrogens (tertiary/aromatic N) is 4. The summed E-state index contributed by atoms with van der Waals surface area (Å²) in [5.41, 5.74) is 0.429. The van der Waals surface area contributed by atoms with E-state index in [0.717, 1.165) is 62.1 Å². The SMILES string of the molecule is Cc1nc2cc(C(F)(F)F)ccc2n1C1CCN(C(=O)C2CCCCN2C)CC1. The molecule has 0 aliphatic carbocycles. The summed E-state index contributed by atoms with van der Waals surface area (Å²) in [7, 11) is 2.02. The van der Waals surface area contributed by atoms with E-state index in [9.17, 15) is 18.0 Å². The summed E-state index contributed by atoms with van der Waals surface area (Å²) in [4.78, 5) is 21.4. The number of likely N-dealkylation sites (N-methyl/N-ethyl adjacent to an activating group) is 1. The van der Waals surface area contributed by atoms with E-state index in [1.54, 1.807) is 0 Å². The van der Waals surface area contributed by atoms with Crippen molar-refractivity contribution in [2.24, 2.45) is 0 Å². The number of fused-ring (bicyclic) bond motifs is 1. The Hall–Kier alpha value is -2.09. The average Bonchev–Trinajstić information content (AvgIpc) is 3.02. The minimum absolute atomic E-state index is 0.0168. The minimum Gasteiger partial charge on any atom is -0.341 e. The fourth-order valence-corrected chi connectivity index (χ4v) is 4.80. The molecule has 1 unspecified atom stereocenters. The molecular formula is C21H27F3N4O. The van der Waals surface area contributed by atoms with Crippen molar-refractivity contribution in [2.75, 3.05) is 26.7 Å². The van der Waals surface area contributed by atoms with Gasteiger partial charge in [0.15, 0.2) is 0 Å². The number of likely N-dealkylation sites (tertiary alicyclic amines) is 2. The predicted octanol–water partition coefficient (Wildman–Crippen LogP) is 4.01. The quantitative estimate of drug-likeness (QED) is 0.754. The Labute approximate surface area is 168 Å². The maximum absolute atomic E-state index is 13.0. The van der Waals surface area contributed by atoms with Gasteiger partial charge in [-0.1, -0.05) is 6.42 Å². The van der Waals surface area contributed by atoms with Gasteiger partial charge in [-0.15, -0.1) is 0 Å². The van der Waals surface area contributed by atoms with Crippen molar-refractivity contribution in [1.82, 2.24) is 19.4 Å². The van der Waals surface area contributed by atoms with Crippen LogP contribution in [-0.4, -0.2) is 58.0 Å². The lowest BCUT2D eigenvalue weighted by Crippen LogP contribution is -2.51. The standard InChI is InChI=1S/C21H27F3N4O/c1-14-25-17-13-15(21(22,23)24)6-7-18(17)28(14)16-8-11-27(12-9-16)20(29)19-5-3-4-10-26(19)2/h6-7,13,16,19H,3-5,8-12H2,1-2H3. The molecule has 0 bridgehead atoms. The molecule has 2 aliphatic heterocycles. The molecule has 0 radical (unpaired) electrons. The lowest BCUT2D eigenvalue weighted by Gasteiger charge is -2.39. The Morgan fingerprint density at radius 2 is 1.83 bits per heavy atom. The third-order valence-electron chi connectivity index (χ3n) is 6.39. The molecule has 1 amide bonds. The van der Waals surface area contributed by atoms with Crippen LogP contribution in [0, 0.1) is 6.92 Å². The van der Waals surface area contributed by atoms with Crippen LogP contribution in [0.1, 0.15) is 49.5 Å². The molecule has 0 saturated carbocycles. The molecule has 1 aromatic heterocycles. The highest BCUT2D eigenvalue weighted by Crippen LogP contribution is 2.34. The van der Waals surface area contributed by atoms with Crippen molar-refractivity contribution in [2.45, 2.75) is 57.3 Å². The van der Waals surface area contributed by atoms with E-state index in [4.69, 9.17) is 0 Å². The molecule has 0 N–H and O–H groups in total. The van der Waals surface area contributed by atoms with E-state index in [1.807, 2.05) is 23.4 Å². The van der Waals surface area contributed by atoms with Gasteiger partial charge in [-0.2, -0.15) is 13.2 Å². The predicted molar refractivity (Wildman–Crippen MR) is 105 cm³/mol. The highest BCUT2D eigenvalue weighted by molar-refractivity contribution is 5.82. The molecule has 1 atom stereocenters. The van der Waals surface area contributed by atoms with Gasteiger partial charge in [-0.05, 0) is 64.4 Å². The van der Waals surface area contributed by atoms with Crippen LogP contribution in [0.3, 0.4) is 0 Å². The number of carbonyl (C=O) groups excluding carboxylic acids is 1. The van der Waals surface area contributed by atoms with Crippen LogP contribution in [0.15, 0.2) is 18.2 Å². The molecular weight excluding hydrogens is 381 g/mol. The van der Waals surface area contributed by atoms with Gasteiger partial charge >= 0.3 is 6.18 Å². The summed E-state index contributed by atoms with van der Waals surface area (Å²) < 4.78 is 41.1. The van der Waals surface area contributed by atoms with Crippen LogP contribution in [0.2, 0.25) is 0 Å². The van der Waals surface area contributed by atoms with E-state index in [0.29, 0.717) is 18.6 Å². The third kappa shape index (κ3) is 3.86. The van der Waals surface area contributed by atoms with Gasteiger partial charge in [-0.25, -0.2) is 4.98 Å². The highest BCUT2D eigenvalue weighted by Gasteiger charge is 2.34. The number of aromatic nitrogens is 2. The molecule has 29 heavy (non-hydrogen) atoms. The van der Waals surface area contributed by atoms with Crippen LogP contribution >= 0.6 is 0 Å². The van der Waals surface area contributed by atoms with Crippen molar-refractivity contribution in [3.63, 3.8) is 0 Å². The zero-order valence-corrected chi connectivity index (χ0v) is 16.9. The Morgan fingerprint density at radius 1 is 1.10 bits per heavy atom. The van der Waals surface area contributed by atoms with Crippen molar-refractivity contribution in [1.29, 1.82) is 0 Å². The van der Waals surface area contributed by atoms with Crippen LogP contribution in [0.25, 0.3) is 11.0 Å². The maximum atomic E-state index is 13.0. The normalized spacial score (nSPS) is 22.4. The fourth-order valence-electron chi connectivity index (χ4n) is 4.80. The molecule has 0 spiro atoms. The molecule has 2 aliphatic rings. The smallest absolute Gasteiger partial charge is 0.341 e. The second-order valence-corrected chi connectivity index (χ2v) is 8.28. The van der Waals surface area contributed by atoms with Crippen molar-refractivity contribution in [3.8, 4) is 0 Å². The zero-order chi connectivity index (χ0) is 20.8. The van der Waals surface area contributed by atoms with Crippen LogP contribution in [-0.2, 0) is 11.0 Å². The van der Waals surface area contributed by atoms with Crippen LogP contribution in [0.4, 0.5) is 13.2 Å². The molecule has 1 aromatic carbocycles.